The predicted octanol–water partition coefficient (Wildman–Crippen LogP) is 6.89. The summed E-state index contributed by atoms with van der Waals surface area (Å²) in [6.07, 6.45) is 1.85. The first kappa shape index (κ1) is 29.1. The van der Waals surface area contributed by atoms with E-state index in [4.69, 9.17) is 27.9 Å². The van der Waals surface area contributed by atoms with Crippen LogP contribution in [0.5, 0.6) is 5.75 Å². The average molecular weight is 596 g/mol. The Morgan fingerprint density at radius 1 is 1.12 bits per heavy atom. The first-order valence-electron chi connectivity index (χ1n) is 13.8. The molecule has 0 spiro atoms. The SMILES string of the molecule is C[C@H](c1cc(Cl)cc(Cl)c1)N1CCC(C)(COc2cc(F)c(C(=O)N3CC(F)CC3C(=O)O)cc2C2CC2)CC1. The van der Waals surface area contributed by atoms with Crippen molar-refractivity contribution in [3.05, 3.63) is 62.9 Å². The van der Waals surface area contributed by atoms with Gasteiger partial charge in [-0.05, 0) is 87.0 Å². The molecular weight excluding hydrogens is 561 g/mol. The van der Waals surface area contributed by atoms with Gasteiger partial charge in [-0.2, -0.15) is 0 Å². The smallest absolute Gasteiger partial charge is 0.326 e. The standard InChI is InChI=1S/C30H34Cl2F2N2O4/c1-17(19-9-20(31)11-21(32)10-19)35-7-5-30(2,6-8-35)16-40-27-14-25(34)24(13-23(27)18-3-4-18)28(37)36-15-22(33)12-26(36)29(38)39/h9-11,13-14,17-18,22,26H,3-8,12,15-16H2,1-2H3,(H,38,39)/t17-,22?,26?/m1/s1. The Morgan fingerprint density at radius 3 is 2.38 bits per heavy atom. The third-order valence-corrected chi connectivity index (χ3v) is 9.08. The summed E-state index contributed by atoms with van der Waals surface area (Å²) in [5.74, 6) is -2.30. The third kappa shape index (κ3) is 6.24. The van der Waals surface area contributed by atoms with Crippen molar-refractivity contribution in [1.29, 1.82) is 0 Å². The molecule has 2 heterocycles. The Morgan fingerprint density at radius 2 is 1.77 bits per heavy atom. The fourth-order valence-electron chi connectivity index (χ4n) is 5.85. The monoisotopic (exact) mass is 594 g/mol. The number of carboxylic acids is 1. The molecule has 2 aromatic carbocycles. The Labute approximate surface area is 243 Å². The molecule has 1 amide bonds. The molecule has 40 heavy (non-hydrogen) atoms. The van der Waals surface area contributed by atoms with Crippen LogP contribution in [0.25, 0.3) is 0 Å². The maximum Gasteiger partial charge on any atom is 0.326 e. The van der Waals surface area contributed by atoms with E-state index in [-0.39, 0.29) is 35.9 Å². The van der Waals surface area contributed by atoms with Crippen molar-refractivity contribution in [2.24, 2.45) is 5.41 Å². The molecule has 1 aliphatic carbocycles. The van der Waals surface area contributed by atoms with Crippen molar-refractivity contribution in [3.8, 4) is 5.75 Å². The van der Waals surface area contributed by atoms with E-state index in [1.807, 2.05) is 12.1 Å². The summed E-state index contributed by atoms with van der Waals surface area (Å²) in [5.41, 5.74) is 1.47. The minimum absolute atomic E-state index is 0.117. The number of alkyl halides is 1. The van der Waals surface area contributed by atoms with Crippen molar-refractivity contribution >= 4 is 35.1 Å². The van der Waals surface area contributed by atoms with Gasteiger partial charge in [0.05, 0.1) is 18.7 Å². The Hall–Kier alpha value is -2.42. The van der Waals surface area contributed by atoms with E-state index >= 15 is 4.39 Å². The highest BCUT2D eigenvalue weighted by Gasteiger charge is 2.42. The van der Waals surface area contributed by atoms with Crippen molar-refractivity contribution in [2.45, 2.75) is 70.1 Å². The van der Waals surface area contributed by atoms with Gasteiger partial charge in [0, 0.05) is 34.0 Å². The van der Waals surface area contributed by atoms with Crippen LogP contribution < -0.4 is 4.74 Å². The van der Waals surface area contributed by atoms with Gasteiger partial charge in [0.15, 0.2) is 0 Å². The molecule has 3 aliphatic rings. The highest BCUT2D eigenvalue weighted by Crippen LogP contribution is 2.46. The molecule has 3 atom stereocenters. The van der Waals surface area contributed by atoms with Gasteiger partial charge in [0.25, 0.3) is 5.91 Å². The number of aliphatic carboxylic acids is 1. The molecule has 216 valence electrons. The van der Waals surface area contributed by atoms with Crippen molar-refractivity contribution in [3.63, 3.8) is 0 Å². The third-order valence-electron chi connectivity index (χ3n) is 8.64. The van der Waals surface area contributed by atoms with Gasteiger partial charge in [-0.3, -0.25) is 9.69 Å². The molecule has 2 saturated heterocycles. The molecule has 3 fully saturated rings. The van der Waals surface area contributed by atoms with E-state index < -0.39 is 29.9 Å². The Balaban J connectivity index is 1.26. The number of benzene rings is 2. The summed E-state index contributed by atoms with van der Waals surface area (Å²) in [5, 5.41) is 10.7. The summed E-state index contributed by atoms with van der Waals surface area (Å²) in [6.45, 7) is 6.08. The molecule has 0 bridgehead atoms. The van der Waals surface area contributed by atoms with Gasteiger partial charge in [-0.25, -0.2) is 13.6 Å². The Bertz CT molecular complexity index is 1280. The van der Waals surface area contributed by atoms with E-state index in [0.29, 0.717) is 22.4 Å². The molecule has 0 aromatic heterocycles. The summed E-state index contributed by atoms with van der Waals surface area (Å²) in [6, 6.07) is 7.19. The first-order chi connectivity index (χ1) is 18.9. The Kier molecular flexibility index (Phi) is 8.33. The van der Waals surface area contributed by atoms with Gasteiger partial charge in [0.2, 0.25) is 0 Å². The lowest BCUT2D eigenvalue weighted by Crippen LogP contribution is -2.42. The molecule has 5 rings (SSSR count). The minimum atomic E-state index is -1.45. The normalized spacial score (nSPS) is 23.7. The van der Waals surface area contributed by atoms with Gasteiger partial charge in [-0.15, -0.1) is 0 Å². The fourth-order valence-corrected chi connectivity index (χ4v) is 6.39. The summed E-state index contributed by atoms with van der Waals surface area (Å²) < 4.78 is 35.5. The largest absolute Gasteiger partial charge is 0.493 e. The highest BCUT2D eigenvalue weighted by atomic mass is 35.5. The van der Waals surface area contributed by atoms with Crippen LogP contribution in [0.1, 0.15) is 79.4 Å². The molecule has 10 heteroatoms. The van der Waals surface area contributed by atoms with Crippen LogP contribution in [0.2, 0.25) is 10.0 Å². The average Bonchev–Trinajstić information content (AvgIpc) is 3.66. The van der Waals surface area contributed by atoms with Crippen LogP contribution >= 0.6 is 23.2 Å². The zero-order chi connectivity index (χ0) is 28.8. The second-order valence-corrected chi connectivity index (χ2v) is 12.7. The van der Waals surface area contributed by atoms with E-state index in [9.17, 15) is 19.1 Å². The second kappa shape index (κ2) is 11.5. The lowest BCUT2D eigenvalue weighted by molar-refractivity contribution is -0.141. The maximum atomic E-state index is 15.3. The van der Waals surface area contributed by atoms with Crippen LogP contribution in [0.4, 0.5) is 8.78 Å². The van der Waals surface area contributed by atoms with E-state index in [0.717, 1.165) is 54.8 Å². The number of rotatable bonds is 8. The summed E-state index contributed by atoms with van der Waals surface area (Å²) >= 11 is 12.4. The molecule has 6 nitrogen and oxygen atoms in total. The van der Waals surface area contributed by atoms with E-state index in [2.05, 4.69) is 18.7 Å². The number of hydrogen-bond donors (Lipinski definition) is 1. The molecule has 2 aliphatic heterocycles. The molecule has 1 N–H and O–H groups in total. The van der Waals surface area contributed by atoms with Crippen LogP contribution in [-0.2, 0) is 4.79 Å². The van der Waals surface area contributed by atoms with E-state index in [1.54, 1.807) is 6.07 Å². The second-order valence-electron chi connectivity index (χ2n) is 11.8. The van der Waals surface area contributed by atoms with Gasteiger partial charge < -0.3 is 14.7 Å². The van der Waals surface area contributed by atoms with Crippen molar-refractivity contribution in [2.75, 3.05) is 26.2 Å². The number of amides is 1. The van der Waals surface area contributed by atoms with Crippen molar-refractivity contribution in [1.82, 2.24) is 9.80 Å². The number of ether oxygens (including phenoxy) is 1. The molecule has 0 radical (unpaired) electrons. The highest BCUT2D eigenvalue weighted by molar-refractivity contribution is 6.34. The number of piperidine rings is 1. The summed E-state index contributed by atoms with van der Waals surface area (Å²) in [7, 11) is 0. The summed E-state index contributed by atoms with van der Waals surface area (Å²) in [4.78, 5) is 28.0. The van der Waals surface area contributed by atoms with Gasteiger partial charge >= 0.3 is 5.97 Å². The number of hydrogen-bond acceptors (Lipinski definition) is 4. The number of carboxylic acid groups (broad SMARTS) is 1. The van der Waals surface area contributed by atoms with Gasteiger partial charge in [-0.1, -0.05) is 30.1 Å². The maximum absolute atomic E-state index is 15.3. The topological polar surface area (TPSA) is 70.1 Å². The van der Waals surface area contributed by atoms with Crippen LogP contribution in [0, 0.1) is 11.2 Å². The quantitative estimate of drug-likeness (QED) is 0.360. The number of nitrogens with zero attached hydrogens (tertiary/aromatic N) is 2. The van der Waals surface area contributed by atoms with Crippen LogP contribution in [-0.4, -0.2) is 65.2 Å². The molecule has 1 saturated carbocycles. The van der Waals surface area contributed by atoms with Gasteiger partial charge in [0.1, 0.15) is 23.8 Å². The zero-order valence-electron chi connectivity index (χ0n) is 22.6. The molecule has 2 unspecified atom stereocenters. The lowest BCUT2D eigenvalue weighted by Gasteiger charge is -2.42. The first-order valence-corrected chi connectivity index (χ1v) is 14.5. The van der Waals surface area contributed by atoms with Crippen molar-refractivity contribution < 1.29 is 28.2 Å². The number of carbonyl (C=O) groups excluding carboxylic acids is 1. The minimum Gasteiger partial charge on any atom is -0.493 e. The predicted molar refractivity (Wildman–Crippen MR) is 150 cm³/mol. The molecular formula is C30H34Cl2F2N2O4. The number of carbonyl (C=O) groups is 2. The fraction of sp³-hybridized carbons (Fsp3) is 0.533. The molecule has 2 aromatic rings. The number of likely N-dealkylation sites (tertiary alicyclic amines) is 2. The lowest BCUT2D eigenvalue weighted by atomic mass is 9.80. The van der Waals surface area contributed by atoms with E-state index in [1.165, 1.54) is 12.1 Å². The van der Waals surface area contributed by atoms with Crippen LogP contribution in [0.15, 0.2) is 30.3 Å². The van der Waals surface area contributed by atoms with Crippen LogP contribution in [0.3, 0.4) is 0 Å². The number of halogens is 4. The zero-order valence-corrected chi connectivity index (χ0v) is 24.2.